The van der Waals surface area contributed by atoms with Crippen molar-refractivity contribution < 1.29 is 14.3 Å². The van der Waals surface area contributed by atoms with Crippen molar-refractivity contribution in [1.82, 2.24) is 9.27 Å². The van der Waals surface area contributed by atoms with Crippen molar-refractivity contribution >= 4 is 23.3 Å². The lowest BCUT2D eigenvalue weighted by Crippen LogP contribution is -2.28. The molecule has 1 aromatic heterocycles. The summed E-state index contributed by atoms with van der Waals surface area (Å²) < 4.78 is 9.03. The molecule has 19 heavy (non-hydrogen) atoms. The van der Waals surface area contributed by atoms with Gasteiger partial charge < -0.3 is 4.74 Å². The van der Waals surface area contributed by atoms with Crippen molar-refractivity contribution in [2.24, 2.45) is 0 Å². The highest BCUT2D eigenvalue weighted by atomic mass is 32.1. The molecule has 1 aliphatic rings. The van der Waals surface area contributed by atoms with Crippen molar-refractivity contribution in [3.63, 3.8) is 0 Å². The van der Waals surface area contributed by atoms with Gasteiger partial charge in [-0.2, -0.15) is 4.37 Å². The van der Waals surface area contributed by atoms with Crippen molar-refractivity contribution in [3.05, 3.63) is 46.3 Å². The molecule has 6 heteroatoms. The maximum absolute atomic E-state index is 12.1. The summed E-state index contributed by atoms with van der Waals surface area (Å²) in [5.74, 6) is -0.0162. The van der Waals surface area contributed by atoms with Gasteiger partial charge in [-0.15, -0.1) is 0 Å². The molecule has 3 rings (SSSR count). The van der Waals surface area contributed by atoms with Gasteiger partial charge in [-0.1, -0.05) is 12.1 Å². The number of ether oxygens (including phenoxy) is 1. The zero-order valence-electron chi connectivity index (χ0n) is 10.1. The summed E-state index contributed by atoms with van der Waals surface area (Å²) >= 11 is 1.22. The maximum atomic E-state index is 12.1. The molecule has 0 unspecified atom stereocenters. The Labute approximate surface area is 113 Å². The average molecular weight is 274 g/mol. The molecule has 1 aromatic carbocycles. The smallest absolute Gasteiger partial charge is 0.261 e. The van der Waals surface area contributed by atoms with Crippen molar-refractivity contribution in [2.45, 2.75) is 6.54 Å². The van der Waals surface area contributed by atoms with Crippen LogP contribution in [0.3, 0.4) is 0 Å². The summed E-state index contributed by atoms with van der Waals surface area (Å²) in [6.07, 6.45) is 0. The molecule has 2 heterocycles. The van der Waals surface area contributed by atoms with Gasteiger partial charge in [0.2, 0.25) is 5.88 Å². The van der Waals surface area contributed by atoms with E-state index in [9.17, 15) is 9.59 Å². The minimum atomic E-state index is -0.257. The number of nitrogens with zero attached hydrogens (tertiary/aromatic N) is 2. The van der Waals surface area contributed by atoms with Crippen LogP contribution < -0.4 is 4.74 Å². The summed E-state index contributed by atoms with van der Waals surface area (Å²) in [5.41, 5.74) is 0.924. The summed E-state index contributed by atoms with van der Waals surface area (Å²) in [7, 11) is 1.53. The normalized spacial score (nSPS) is 13.8. The molecule has 0 aliphatic carbocycles. The number of rotatable bonds is 3. The number of aromatic nitrogens is 1. The van der Waals surface area contributed by atoms with E-state index in [2.05, 4.69) is 4.37 Å². The first-order valence-corrected chi connectivity index (χ1v) is 6.43. The van der Waals surface area contributed by atoms with Crippen molar-refractivity contribution in [1.29, 1.82) is 0 Å². The summed E-state index contributed by atoms with van der Waals surface area (Å²) in [6.45, 7) is 0.230. The largest absolute Gasteiger partial charge is 0.480 e. The topological polar surface area (TPSA) is 59.5 Å². The Hall–Kier alpha value is -2.21. The van der Waals surface area contributed by atoms with Gasteiger partial charge in [-0.25, -0.2) is 0 Å². The number of hydrogen-bond donors (Lipinski definition) is 0. The van der Waals surface area contributed by atoms with Gasteiger partial charge in [0.1, 0.15) is 0 Å². The van der Waals surface area contributed by atoms with E-state index in [-0.39, 0.29) is 18.4 Å². The van der Waals surface area contributed by atoms with Crippen molar-refractivity contribution in [2.75, 3.05) is 7.11 Å². The average Bonchev–Trinajstić information content (AvgIpc) is 2.99. The Morgan fingerprint density at radius 1 is 1.21 bits per heavy atom. The van der Waals surface area contributed by atoms with Crippen LogP contribution in [0.2, 0.25) is 0 Å². The molecule has 1 aliphatic heterocycles. The van der Waals surface area contributed by atoms with Crippen LogP contribution in [0.25, 0.3) is 0 Å². The minimum absolute atomic E-state index is 0.230. The third-order valence-corrected chi connectivity index (χ3v) is 3.69. The lowest BCUT2D eigenvalue weighted by Gasteiger charge is -2.11. The lowest BCUT2D eigenvalue weighted by molar-refractivity contribution is 0.0644. The van der Waals surface area contributed by atoms with Gasteiger partial charge in [0, 0.05) is 10.9 Å². The third kappa shape index (κ3) is 1.90. The zero-order valence-corrected chi connectivity index (χ0v) is 10.9. The monoisotopic (exact) mass is 274 g/mol. The SMILES string of the molecule is COc1cc(CN2C(=O)c3ccccc3C2=O)sn1. The van der Waals surface area contributed by atoms with E-state index in [1.54, 1.807) is 30.3 Å². The number of carbonyl (C=O) groups is 2. The van der Waals surface area contributed by atoms with Crippen LogP contribution in [0.4, 0.5) is 0 Å². The molecule has 0 radical (unpaired) electrons. The number of hydrogen-bond acceptors (Lipinski definition) is 5. The highest BCUT2D eigenvalue weighted by molar-refractivity contribution is 7.05. The molecule has 0 saturated carbocycles. The molecule has 2 aromatic rings. The third-order valence-electron chi connectivity index (χ3n) is 2.94. The Morgan fingerprint density at radius 3 is 2.37 bits per heavy atom. The number of methoxy groups -OCH3 is 1. The number of fused-ring (bicyclic) bond motifs is 1. The quantitative estimate of drug-likeness (QED) is 0.803. The van der Waals surface area contributed by atoms with E-state index < -0.39 is 0 Å². The number of carbonyl (C=O) groups excluding carboxylic acids is 2. The first-order chi connectivity index (χ1) is 9.20. The van der Waals surface area contributed by atoms with E-state index in [0.717, 1.165) is 4.88 Å². The number of amides is 2. The van der Waals surface area contributed by atoms with E-state index >= 15 is 0 Å². The van der Waals surface area contributed by atoms with Crippen LogP contribution >= 0.6 is 11.5 Å². The van der Waals surface area contributed by atoms with Gasteiger partial charge >= 0.3 is 0 Å². The van der Waals surface area contributed by atoms with Gasteiger partial charge in [0.05, 0.1) is 24.8 Å². The summed E-state index contributed by atoms with van der Waals surface area (Å²) in [5, 5.41) is 0. The maximum Gasteiger partial charge on any atom is 0.261 e. The zero-order chi connectivity index (χ0) is 13.4. The lowest BCUT2D eigenvalue weighted by atomic mass is 10.1. The molecule has 0 fully saturated rings. The fraction of sp³-hybridized carbons (Fsp3) is 0.154. The molecule has 96 valence electrons. The van der Waals surface area contributed by atoms with Gasteiger partial charge in [-0.3, -0.25) is 14.5 Å². The molecule has 5 nitrogen and oxygen atoms in total. The molecule has 0 bridgehead atoms. The van der Waals surface area contributed by atoms with Crippen LogP contribution in [-0.4, -0.2) is 28.2 Å². The molecular weight excluding hydrogens is 264 g/mol. The second-order valence-electron chi connectivity index (χ2n) is 4.08. The molecule has 0 saturated heterocycles. The number of benzene rings is 1. The Balaban J connectivity index is 1.88. The van der Waals surface area contributed by atoms with E-state index in [0.29, 0.717) is 17.0 Å². The Bertz CT molecular complexity index is 630. The summed E-state index contributed by atoms with van der Waals surface area (Å²) in [4.78, 5) is 26.3. The predicted octanol–water partition coefficient (Wildman–Crippen LogP) is 1.95. The predicted molar refractivity (Wildman–Crippen MR) is 69.3 cm³/mol. The molecule has 2 amide bonds. The van der Waals surface area contributed by atoms with E-state index in [1.807, 2.05) is 0 Å². The number of imide groups is 1. The first-order valence-electron chi connectivity index (χ1n) is 5.65. The molecular formula is C13H10N2O3S. The van der Waals surface area contributed by atoms with Crippen LogP contribution in [0.15, 0.2) is 30.3 Å². The fourth-order valence-electron chi connectivity index (χ4n) is 2.00. The van der Waals surface area contributed by atoms with Crippen LogP contribution in [0, 0.1) is 0 Å². The van der Waals surface area contributed by atoms with E-state index in [4.69, 9.17) is 4.74 Å². The van der Waals surface area contributed by atoms with Gasteiger partial charge in [0.25, 0.3) is 11.8 Å². The molecule has 0 N–H and O–H groups in total. The van der Waals surface area contributed by atoms with Crippen molar-refractivity contribution in [3.8, 4) is 5.88 Å². The first kappa shape index (κ1) is 11.9. The van der Waals surface area contributed by atoms with Crippen LogP contribution in [-0.2, 0) is 6.54 Å². The van der Waals surface area contributed by atoms with E-state index in [1.165, 1.54) is 23.5 Å². The summed E-state index contributed by atoms with van der Waals surface area (Å²) in [6, 6.07) is 8.58. The fourth-order valence-corrected chi connectivity index (χ4v) is 2.68. The molecule has 0 spiro atoms. The Morgan fingerprint density at radius 2 is 1.84 bits per heavy atom. The highest BCUT2D eigenvalue weighted by Crippen LogP contribution is 2.26. The van der Waals surface area contributed by atoms with Gasteiger partial charge in [0.15, 0.2) is 0 Å². The molecule has 0 atom stereocenters. The van der Waals surface area contributed by atoms with Crippen LogP contribution in [0.1, 0.15) is 25.6 Å². The van der Waals surface area contributed by atoms with Crippen LogP contribution in [0.5, 0.6) is 5.88 Å². The second kappa shape index (κ2) is 4.47. The minimum Gasteiger partial charge on any atom is -0.480 e. The van der Waals surface area contributed by atoms with Gasteiger partial charge in [-0.05, 0) is 23.7 Å². The highest BCUT2D eigenvalue weighted by Gasteiger charge is 2.35. The Kier molecular flexibility index (Phi) is 2.79. The standard InChI is InChI=1S/C13H10N2O3S/c1-18-11-6-8(19-14-11)7-15-12(16)9-4-2-3-5-10(9)13(15)17/h2-6H,7H2,1H3. The second-order valence-corrected chi connectivity index (χ2v) is 4.97.